The average Bonchev–Trinajstić information content (AvgIpc) is 2.41. The lowest BCUT2D eigenvalue weighted by molar-refractivity contribution is -0.117. The van der Waals surface area contributed by atoms with Gasteiger partial charge in [0, 0.05) is 17.8 Å². The summed E-state index contributed by atoms with van der Waals surface area (Å²) in [4.78, 5) is 10.7. The van der Waals surface area contributed by atoms with E-state index in [4.69, 9.17) is 5.73 Å². The molecule has 2 aromatic carbocycles. The second-order valence-corrected chi connectivity index (χ2v) is 4.15. The van der Waals surface area contributed by atoms with Gasteiger partial charge in [0.25, 0.3) is 0 Å². The van der Waals surface area contributed by atoms with E-state index in [-0.39, 0.29) is 12.3 Å². The molecule has 0 saturated carbocycles. The van der Waals surface area contributed by atoms with Crippen LogP contribution < -0.4 is 11.1 Å². The van der Waals surface area contributed by atoms with Crippen molar-refractivity contribution in [2.45, 2.75) is 6.42 Å². The van der Waals surface area contributed by atoms with Crippen LogP contribution in [0.2, 0.25) is 0 Å². The maximum Gasteiger partial charge on any atom is 0.221 e. The van der Waals surface area contributed by atoms with Crippen molar-refractivity contribution in [3.8, 4) is 0 Å². The minimum atomic E-state index is -0.329. The number of primary amides is 1. The first-order valence-electron chi connectivity index (χ1n) is 6.11. The smallest absolute Gasteiger partial charge is 0.221 e. The van der Waals surface area contributed by atoms with Gasteiger partial charge in [0.15, 0.2) is 0 Å². The van der Waals surface area contributed by atoms with Crippen LogP contribution in [0.3, 0.4) is 0 Å². The molecule has 0 atom stereocenters. The van der Waals surface area contributed by atoms with Crippen LogP contribution in [-0.2, 0) is 4.79 Å². The van der Waals surface area contributed by atoms with Gasteiger partial charge in [0.05, 0.1) is 0 Å². The molecule has 0 aliphatic heterocycles. The standard InChI is InChI=1S/C16H16N2O/c17-16(19)12-6-8-13-7-4-5-11-15(13)18-14-9-2-1-3-10-14/h1-11,18H,12H2,(H2,17,19). The van der Waals surface area contributed by atoms with Gasteiger partial charge in [0.1, 0.15) is 0 Å². The predicted molar refractivity (Wildman–Crippen MR) is 79.0 cm³/mol. The lowest BCUT2D eigenvalue weighted by Crippen LogP contribution is -2.07. The summed E-state index contributed by atoms with van der Waals surface area (Å²) in [6, 6.07) is 17.9. The molecular weight excluding hydrogens is 236 g/mol. The molecular formula is C16H16N2O. The van der Waals surface area contributed by atoms with Crippen LogP contribution >= 0.6 is 0 Å². The SMILES string of the molecule is NC(=O)CC=Cc1ccccc1Nc1ccccc1. The monoisotopic (exact) mass is 252 g/mol. The van der Waals surface area contributed by atoms with Crippen LogP contribution in [0.5, 0.6) is 0 Å². The van der Waals surface area contributed by atoms with E-state index in [1.807, 2.05) is 60.7 Å². The molecule has 0 fully saturated rings. The highest BCUT2D eigenvalue weighted by molar-refractivity contribution is 5.78. The molecule has 0 aliphatic carbocycles. The van der Waals surface area contributed by atoms with Gasteiger partial charge >= 0.3 is 0 Å². The zero-order valence-electron chi connectivity index (χ0n) is 10.5. The van der Waals surface area contributed by atoms with Gasteiger partial charge in [-0.3, -0.25) is 4.79 Å². The van der Waals surface area contributed by atoms with Crippen LogP contribution in [0.25, 0.3) is 6.08 Å². The number of hydrogen-bond donors (Lipinski definition) is 2. The second kappa shape index (κ2) is 6.40. The van der Waals surface area contributed by atoms with Crippen LogP contribution in [-0.4, -0.2) is 5.91 Å². The fourth-order valence-electron chi connectivity index (χ4n) is 1.74. The molecule has 0 spiro atoms. The maximum atomic E-state index is 10.7. The van der Waals surface area contributed by atoms with E-state index in [2.05, 4.69) is 5.32 Å². The average molecular weight is 252 g/mol. The Kier molecular flexibility index (Phi) is 4.34. The third-order valence-corrected chi connectivity index (χ3v) is 2.63. The molecule has 0 saturated heterocycles. The largest absolute Gasteiger partial charge is 0.369 e. The Morgan fingerprint density at radius 1 is 1.05 bits per heavy atom. The number of hydrogen-bond acceptors (Lipinski definition) is 2. The lowest BCUT2D eigenvalue weighted by atomic mass is 10.1. The molecule has 3 N–H and O–H groups in total. The summed E-state index contributed by atoms with van der Waals surface area (Å²) in [6.07, 6.45) is 3.92. The Labute approximate surface area is 112 Å². The second-order valence-electron chi connectivity index (χ2n) is 4.15. The number of nitrogens with two attached hydrogens (primary N) is 1. The lowest BCUT2D eigenvalue weighted by Gasteiger charge is -2.09. The number of benzene rings is 2. The summed E-state index contributed by atoms with van der Waals surface area (Å²) in [5.74, 6) is -0.329. The van der Waals surface area contributed by atoms with Crippen molar-refractivity contribution in [3.05, 3.63) is 66.2 Å². The third kappa shape index (κ3) is 4.00. The molecule has 0 unspecified atom stereocenters. The number of amides is 1. The molecule has 3 nitrogen and oxygen atoms in total. The molecule has 1 amide bonds. The molecule has 96 valence electrons. The van der Waals surface area contributed by atoms with Gasteiger partial charge in [0.2, 0.25) is 5.91 Å². The number of carbonyl (C=O) groups is 1. The van der Waals surface area contributed by atoms with Gasteiger partial charge < -0.3 is 11.1 Å². The van der Waals surface area contributed by atoms with Crippen LogP contribution in [0.15, 0.2) is 60.7 Å². The van der Waals surface area contributed by atoms with Crippen LogP contribution in [0.4, 0.5) is 11.4 Å². The molecule has 2 rings (SSSR count). The van der Waals surface area contributed by atoms with E-state index in [1.54, 1.807) is 6.08 Å². The summed E-state index contributed by atoms with van der Waals surface area (Å²) < 4.78 is 0. The Hall–Kier alpha value is -2.55. The zero-order chi connectivity index (χ0) is 13.5. The molecule has 0 radical (unpaired) electrons. The van der Waals surface area contributed by atoms with Crippen molar-refractivity contribution < 1.29 is 4.79 Å². The van der Waals surface area contributed by atoms with Crippen molar-refractivity contribution in [1.29, 1.82) is 0 Å². The number of carbonyl (C=O) groups excluding carboxylic acids is 1. The Bertz CT molecular complexity index is 576. The van der Waals surface area contributed by atoms with Gasteiger partial charge in [-0.15, -0.1) is 0 Å². The van der Waals surface area contributed by atoms with Crippen LogP contribution in [0, 0.1) is 0 Å². The molecule has 2 aromatic rings. The normalized spacial score (nSPS) is 10.5. The highest BCUT2D eigenvalue weighted by atomic mass is 16.1. The third-order valence-electron chi connectivity index (χ3n) is 2.63. The predicted octanol–water partition coefficient (Wildman–Crippen LogP) is 3.32. The van der Waals surface area contributed by atoms with Crippen LogP contribution in [0.1, 0.15) is 12.0 Å². The number of anilines is 2. The van der Waals surface area contributed by atoms with E-state index >= 15 is 0 Å². The quantitative estimate of drug-likeness (QED) is 0.857. The summed E-state index contributed by atoms with van der Waals surface area (Å²) >= 11 is 0. The molecule has 19 heavy (non-hydrogen) atoms. The van der Waals surface area contributed by atoms with Gasteiger partial charge in [-0.2, -0.15) is 0 Å². The number of rotatable bonds is 5. The van der Waals surface area contributed by atoms with Crippen molar-refractivity contribution in [3.63, 3.8) is 0 Å². The fraction of sp³-hybridized carbons (Fsp3) is 0.0625. The van der Waals surface area contributed by atoms with Crippen molar-refractivity contribution in [2.24, 2.45) is 5.73 Å². The van der Waals surface area contributed by atoms with E-state index < -0.39 is 0 Å². The van der Waals surface area contributed by atoms with Gasteiger partial charge in [-0.1, -0.05) is 48.6 Å². The minimum absolute atomic E-state index is 0.250. The Morgan fingerprint density at radius 2 is 1.74 bits per heavy atom. The summed E-state index contributed by atoms with van der Waals surface area (Å²) in [5.41, 5.74) is 8.15. The highest BCUT2D eigenvalue weighted by Crippen LogP contribution is 2.21. The highest BCUT2D eigenvalue weighted by Gasteiger charge is 1.99. The first-order valence-corrected chi connectivity index (χ1v) is 6.11. The zero-order valence-corrected chi connectivity index (χ0v) is 10.5. The van der Waals surface area contributed by atoms with E-state index in [1.165, 1.54) is 0 Å². The van der Waals surface area contributed by atoms with Crippen molar-refractivity contribution in [2.75, 3.05) is 5.32 Å². The van der Waals surface area contributed by atoms with E-state index in [0.29, 0.717) is 0 Å². The first kappa shape index (κ1) is 12.9. The molecule has 3 heteroatoms. The van der Waals surface area contributed by atoms with Gasteiger partial charge in [-0.05, 0) is 23.8 Å². The summed E-state index contributed by atoms with van der Waals surface area (Å²) in [7, 11) is 0. The van der Waals surface area contributed by atoms with Gasteiger partial charge in [-0.25, -0.2) is 0 Å². The Balaban J connectivity index is 2.17. The molecule has 0 heterocycles. The summed E-state index contributed by atoms with van der Waals surface area (Å²) in [5, 5.41) is 3.34. The molecule has 0 bridgehead atoms. The number of para-hydroxylation sites is 2. The summed E-state index contributed by atoms with van der Waals surface area (Å²) in [6.45, 7) is 0. The van der Waals surface area contributed by atoms with Crippen molar-refractivity contribution in [1.82, 2.24) is 0 Å². The Morgan fingerprint density at radius 3 is 2.47 bits per heavy atom. The van der Waals surface area contributed by atoms with Crippen molar-refractivity contribution >= 4 is 23.4 Å². The minimum Gasteiger partial charge on any atom is -0.369 e. The van der Waals surface area contributed by atoms with E-state index in [9.17, 15) is 4.79 Å². The van der Waals surface area contributed by atoms with E-state index in [0.717, 1.165) is 16.9 Å². The molecule has 0 aromatic heterocycles. The molecule has 0 aliphatic rings. The number of nitrogens with one attached hydrogen (secondary N) is 1. The fourth-order valence-corrected chi connectivity index (χ4v) is 1.74. The maximum absolute atomic E-state index is 10.7. The first-order chi connectivity index (χ1) is 9.25. The topological polar surface area (TPSA) is 55.1 Å².